The highest BCUT2D eigenvalue weighted by Gasteiger charge is 1.98. The fourth-order valence-corrected chi connectivity index (χ4v) is 0.985. The van der Waals surface area contributed by atoms with Gasteiger partial charge < -0.3 is 9.84 Å². The molecule has 1 aromatic carbocycles. The van der Waals surface area contributed by atoms with Gasteiger partial charge in [0, 0.05) is 12.7 Å². The Kier molecular flexibility index (Phi) is 2.49. The van der Waals surface area contributed by atoms with Crippen LogP contribution < -0.4 is 0 Å². The zero-order chi connectivity index (χ0) is 8.27. The molecule has 2 nitrogen and oxygen atoms in total. The molecule has 0 aromatic heterocycles. The first-order valence-corrected chi connectivity index (χ1v) is 3.51. The van der Waals surface area contributed by atoms with Crippen molar-refractivity contribution in [2.45, 2.75) is 13.5 Å². The van der Waals surface area contributed by atoms with E-state index in [0.29, 0.717) is 12.4 Å². The molecule has 60 valence electrons. The van der Waals surface area contributed by atoms with Gasteiger partial charge in [-0.2, -0.15) is 0 Å². The number of aromatic hydroxyl groups is 1. The van der Waals surface area contributed by atoms with Crippen molar-refractivity contribution in [2.75, 3.05) is 7.11 Å². The maximum Gasteiger partial charge on any atom is 0.121 e. The smallest absolute Gasteiger partial charge is 0.121 e. The molecule has 0 fully saturated rings. The lowest BCUT2D eigenvalue weighted by Crippen LogP contribution is -1.88. The molecule has 0 atom stereocenters. The molecule has 11 heavy (non-hydrogen) atoms. The Morgan fingerprint density at radius 1 is 1.45 bits per heavy atom. The highest BCUT2D eigenvalue weighted by atomic mass is 16.5. The van der Waals surface area contributed by atoms with E-state index in [4.69, 9.17) is 4.74 Å². The fraction of sp³-hybridized carbons (Fsp3) is 0.333. The molecule has 0 saturated carbocycles. The molecule has 0 heterocycles. The normalized spacial score (nSPS) is 10.0. The van der Waals surface area contributed by atoms with Gasteiger partial charge in [0.05, 0.1) is 6.61 Å². The van der Waals surface area contributed by atoms with Gasteiger partial charge in [-0.05, 0) is 13.0 Å². The predicted molar refractivity (Wildman–Crippen MR) is 43.6 cm³/mol. The molecule has 0 aliphatic carbocycles. The molecule has 0 unspecified atom stereocenters. The van der Waals surface area contributed by atoms with Gasteiger partial charge >= 0.3 is 0 Å². The molecule has 0 aliphatic heterocycles. The molecule has 0 saturated heterocycles. The summed E-state index contributed by atoms with van der Waals surface area (Å²) in [5.41, 5.74) is 1.97. The van der Waals surface area contributed by atoms with E-state index in [-0.39, 0.29) is 0 Å². The quantitative estimate of drug-likeness (QED) is 0.700. The zero-order valence-electron chi connectivity index (χ0n) is 6.79. The molecule has 0 amide bonds. The number of hydrogen-bond donors (Lipinski definition) is 1. The van der Waals surface area contributed by atoms with Crippen LogP contribution in [-0.2, 0) is 11.3 Å². The Hall–Kier alpha value is -1.02. The summed E-state index contributed by atoms with van der Waals surface area (Å²) < 4.78 is 4.90. The van der Waals surface area contributed by atoms with Gasteiger partial charge in [-0.1, -0.05) is 17.7 Å². The minimum absolute atomic E-state index is 0.303. The van der Waals surface area contributed by atoms with Gasteiger partial charge in [-0.25, -0.2) is 0 Å². The van der Waals surface area contributed by atoms with E-state index < -0.39 is 0 Å². The fourth-order valence-electron chi connectivity index (χ4n) is 0.985. The van der Waals surface area contributed by atoms with Crippen molar-refractivity contribution in [3.05, 3.63) is 29.3 Å². The summed E-state index contributed by atoms with van der Waals surface area (Å²) in [7, 11) is 1.61. The Morgan fingerprint density at radius 3 is 2.82 bits per heavy atom. The van der Waals surface area contributed by atoms with E-state index in [1.807, 2.05) is 19.1 Å². The van der Waals surface area contributed by atoms with Crippen LogP contribution in [0.5, 0.6) is 5.75 Å². The Balaban J connectivity index is 2.93. The Labute approximate surface area is 66.4 Å². The van der Waals surface area contributed by atoms with Crippen LogP contribution in [0.4, 0.5) is 0 Å². The summed E-state index contributed by atoms with van der Waals surface area (Å²) in [5, 5.41) is 9.29. The number of aryl methyl sites for hydroxylation is 1. The molecular weight excluding hydrogens is 140 g/mol. The number of hydrogen-bond acceptors (Lipinski definition) is 2. The van der Waals surface area contributed by atoms with Gasteiger partial charge in [0.25, 0.3) is 0 Å². The van der Waals surface area contributed by atoms with Crippen LogP contribution in [0.3, 0.4) is 0 Å². The summed E-state index contributed by atoms with van der Waals surface area (Å²) >= 11 is 0. The van der Waals surface area contributed by atoms with E-state index >= 15 is 0 Å². The van der Waals surface area contributed by atoms with Crippen molar-refractivity contribution in [3.8, 4) is 5.75 Å². The van der Waals surface area contributed by atoms with E-state index in [9.17, 15) is 5.11 Å². The lowest BCUT2D eigenvalue weighted by molar-refractivity contribution is 0.182. The second kappa shape index (κ2) is 3.39. The van der Waals surface area contributed by atoms with Gasteiger partial charge in [-0.15, -0.1) is 0 Å². The predicted octanol–water partition coefficient (Wildman–Crippen LogP) is 1.85. The molecular formula is C9H12O2. The number of rotatable bonds is 2. The molecule has 1 N–H and O–H groups in total. The average Bonchev–Trinajstić information content (AvgIpc) is 1.98. The maximum atomic E-state index is 9.29. The molecule has 0 bridgehead atoms. The topological polar surface area (TPSA) is 29.5 Å². The average molecular weight is 152 g/mol. The molecule has 1 rings (SSSR count). The minimum atomic E-state index is 0.303. The number of phenolic OH excluding ortho intramolecular Hbond substituents is 1. The lowest BCUT2D eigenvalue weighted by atomic mass is 10.1. The standard InChI is InChI=1S/C9H12O2/c1-7-3-4-9(10)8(5-7)6-11-2/h3-5,10H,6H2,1-2H3. The van der Waals surface area contributed by atoms with Crippen LogP contribution in [0.25, 0.3) is 0 Å². The third-order valence-electron chi connectivity index (χ3n) is 1.53. The summed E-state index contributed by atoms with van der Waals surface area (Å²) in [6.07, 6.45) is 0. The zero-order valence-corrected chi connectivity index (χ0v) is 6.79. The monoisotopic (exact) mass is 152 g/mol. The van der Waals surface area contributed by atoms with Crippen molar-refractivity contribution in [2.24, 2.45) is 0 Å². The third kappa shape index (κ3) is 1.95. The summed E-state index contributed by atoms with van der Waals surface area (Å²) in [4.78, 5) is 0. The van der Waals surface area contributed by atoms with E-state index in [1.54, 1.807) is 13.2 Å². The van der Waals surface area contributed by atoms with E-state index in [1.165, 1.54) is 0 Å². The Morgan fingerprint density at radius 2 is 2.18 bits per heavy atom. The van der Waals surface area contributed by atoms with Crippen molar-refractivity contribution in [1.29, 1.82) is 0 Å². The minimum Gasteiger partial charge on any atom is -0.508 e. The van der Waals surface area contributed by atoms with Gasteiger partial charge in [0.1, 0.15) is 5.75 Å². The van der Waals surface area contributed by atoms with E-state index in [2.05, 4.69) is 0 Å². The molecule has 1 aromatic rings. The van der Waals surface area contributed by atoms with Gasteiger partial charge in [0.2, 0.25) is 0 Å². The highest BCUT2D eigenvalue weighted by Crippen LogP contribution is 2.18. The van der Waals surface area contributed by atoms with Crippen LogP contribution >= 0.6 is 0 Å². The molecule has 0 spiro atoms. The first-order chi connectivity index (χ1) is 5.24. The lowest BCUT2D eigenvalue weighted by Gasteiger charge is -2.03. The van der Waals surface area contributed by atoms with Gasteiger partial charge in [-0.3, -0.25) is 0 Å². The Bertz CT molecular complexity index is 243. The van der Waals surface area contributed by atoms with Crippen LogP contribution in [-0.4, -0.2) is 12.2 Å². The van der Waals surface area contributed by atoms with E-state index in [0.717, 1.165) is 11.1 Å². The number of benzene rings is 1. The molecule has 0 radical (unpaired) electrons. The summed E-state index contributed by atoms with van der Waals surface area (Å²) in [5.74, 6) is 0.303. The first kappa shape index (κ1) is 8.08. The van der Waals surface area contributed by atoms with Crippen LogP contribution in [0.1, 0.15) is 11.1 Å². The molecule has 2 heteroatoms. The SMILES string of the molecule is COCc1cc(C)ccc1O. The number of methoxy groups -OCH3 is 1. The van der Waals surface area contributed by atoms with Crippen molar-refractivity contribution in [1.82, 2.24) is 0 Å². The van der Waals surface area contributed by atoms with Crippen molar-refractivity contribution < 1.29 is 9.84 Å². The summed E-state index contributed by atoms with van der Waals surface area (Å²) in [6, 6.07) is 5.47. The van der Waals surface area contributed by atoms with Crippen LogP contribution in [0, 0.1) is 6.92 Å². The van der Waals surface area contributed by atoms with Crippen LogP contribution in [0.15, 0.2) is 18.2 Å². The number of phenols is 1. The second-order valence-corrected chi connectivity index (χ2v) is 2.57. The largest absolute Gasteiger partial charge is 0.508 e. The van der Waals surface area contributed by atoms with Crippen LogP contribution in [0.2, 0.25) is 0 Å². The van der Waals surface area contributed by atoms with Crippen molar-refractivity contribution >= 4 is 0 Å². The first-order valence-electron chi connectivity index (χ1n) is 3.51. The second-order valence-electron chi connectivity index (χ2n) is 2.57. The number of ether oxygens (including phenoxy) is 1. The molecule has 0 aliphatic rings. The highest BCUT2D eigenvalue weighted by molar-refractivity contribution is 5.34. The maximum absolute atomic E-state index is 9.29. The summed E-state index contributed by atoms with van der Waals surface area (Å²) in [6.45, 7) is 2.45. The van der Waals surface area contributed by atoms with Gasteiger partial charge in [0.15, 0.2) is 0 Å². The van der Waals surface area contributed by atoms with Crippen molar-refractivity contribution in [3.63, 3.8) is 0 Å². The third-order valence-corrected chi connectivity index (χ3v) is 1.53.